The van der Waals surface area contributed by atoms with Crippen molar-refractivity contribution in [2.75, 3.05) is 20.2 Å². The number of rotatable bonds is 6. The normalized spacial score (nSPS) is 10.4. The van der Waals surface area contributed by atoms with Gasteiger partial charge in [-0.2, -0.15) is 0 Å². The number of carbonyl (C=O) groups excluding carboxylic acids is 1. The molecule has 0 aliphatic rings. The maximum Gasteiger partial charge on any atom is 0.270 e. The van der Waals surface area contributed by atoms with Crippen LogP contribution >= 0.6 is 15.9 Å². The number of aromatic nitrogens is 1. The average Bonchev–Trinajstić information content (AvgIpc) is 2.88. The summed E-state index contributed by atoms with van der Waals surface area (Å²) in [6.07, 6.45) is 1.92. The van der Waals surface area contributed by atoms with E-state index >= 15 is 0 Å². The molecule has 0 saturated carbocycles. The van der Waals surface area contributed by atoms with Crippen molar-refractivity contribution in [1.29, 1.82) is 0 Å². The lowest BCUT2D eigenvalue weighted by Gasteiger charge is -2.18. The molecular weight excluding hydrogens is 332 g/mol. The van der Waals surface area contributed by atoms with E-state index < -0.39 is 0 Å². The molecule has 0 spiro atoms. The van der Waals surface area contributed by atoms with Gasteiger partial charge in [-0.15, -0.1) is 0 Å². The van der Waals surface area contributed by atoms with Gasteiger partial charge in [0.15, 0.2) is 0 Å². The molecule has 4 nitrogen and oxygen atoms in total. The zero-order chi connectivity index (χ0) is 15.2. The largest absolute Gasteiger partial charge is 0.492 e. The monoisotopic (exact) mass is 350 g/mol. The number of hydrogen-bond donors (Lipinski definition) is 0. The maximum absolute atomic E-state index is 12.4. The van der Waals surface area contributed by atoms with E-state index in [4.69, 9.17) is 4.74 Å². The Hall–Kier alpha value is -1.75. The molecule has 2 rings (SSSR count). The van der Waals surface area contributed by atoms with Gasteiger partial charge in [0.2, 0.25) is 0 Å². The molecule has 0 unspecified atom stereocenters. The van der Waals surface area contributed by atoms with Gasteiger partial charge in [0.25, 0.3) is 5.91 Å². The van der Waals surface area contributed by atoms with E-state index in [1.165, 1.54) is 0 Å². The van der Waals surface area contributed by atoms with Crippen molar-refractivity contribution in [2.24, 2.45) is 0 Å². The summed E-state index contributed by atoms with van der Waals surface area (Å²) in [5.74, 6) is 0.817. The first-order valence-electron chi connectivity index (χ1n) is 6.90. The highest BCUT2D eigenvalue weighted by Gasteiger charge is 2.16. The Morgan fingerprint density at radius 1 is 1.33 bits per heavy atom. The minimum absolute atomic E-state index is 0.000730. The van der Waals surface area contributed by atoms with Crippen LogP contribution in [0, 0.1) is 0 Å². The van der Waals surface area contributed by atoms with Crippen molar-refractivity contribution in [3.63, 3.8) is 0 Å². The third kappa shape index (κ3) is 4.11. The molecule has 0 aliphatic carbocycles. The molecule has 5 heteroatoms. The second-order valence-corrected chi connectivity index (χ2v) is 5.63. The lowest BCUT2D eigenvalue weighted by molar-refractivity contribution is 0.0763. The lowest BCUT2D eigenvalue weighted by atomic mass is 10.3. The predicted molar refractivity (Wildman–Crippen MR) is 86.7 cm³/mol. The minimum Gasteiger partial charge on any atom is -0.492 e. The van der Waals surface area contributed by atoms with Gasteiger partial charge in [-0.3, -0.25) is 4.79 Å². The summed E-state index contributed by atoms with van der Waals surface area (Å²) in [4.78, 5) is 14.1. The first-order chi connectivity index (χ1) is 10.1. The number of halogens is 1. The van der Waals surface area contributed by atoms with Crippen molar-refractivity contribution in [3.8, 4) is 5.75 Å². The first-order valence-corrected chi connectivity index (χ1v) is 7.70. The van der Waals surface area contributed by atoms with E-state index in [9.17, 15) is 4.79 Å². The lowest BCUT2D eigenvalue weighted by Crippen LogP contribution is -2.32. The summed E-state index contributed by atoms with van der Waals surface area (Å²) in [6, 6.07) is 11.5. The summed E-state index contributed by atoms with van der Waals surface area (Å²) in [5, 5.41) is 0. The molecule has 1 aromatic carbocycles. The number of para-hydroxylation sites is 1. The SMILES string of the molecule is CCn1cc(Br)cc1C(=O)N(C)CCOc1ccccc1. The molecule has 0 fully saturated rings. The van der Waals surface area contributed by atoms with Crippen molar-refractivity contribution >= 4 is 21.8 Å². The van der Waals surface area contributed by atoms with Crippen LogP contribution < -0.4 is 4.74 Å². The number of amides is 1. The van der Waals surface area contributed by atoms with Crippen molar-refractivity contribution in [3.05, 3.63) is 52.8 Å². The van der Waals surface area contributed by atoms with Crippen molar-refractivity contribution < 1.29 is 9.53 Å². The molecule has 1 heterocycles. The second kappa shape index (κ2) is 7.31. The Balaban J connectivity index is 1.90. The van der Waals surface area contributed by atoms with Crippen LogP contribution in [0.2, 0.25) is 0 Å². The van der Waals surface area contributed by atoms with E-state index in [0.29, 0.717) is 18.8 Å². The van der Waals surface area contributed by atoms with E-state index in [1.807, 2.05) is 54.1 Å². The summed E-state index contributed by atoms with van der Waals surface area (Å²) in [6.45, 7) is 3.79. The zero-order valence-corrected chi connectivity index (χ0v) is 13.8. The third-order valence-electron chi connectivity index (χ3n) is 3.21. The van der Waals surface area contributed by atoms with Gasteiger partial charge in [0.05, 0.1) is 6.54 Å². The Labute approximate surface area is 133 Å². The number of carbonyl (C=O) groups is 1. The topological polar surface area (TPSA) is 34.5 Å². The van der Waals surface area contributed by atoms with E-state index in [-0.39, 0.29) is 5.91 Å². The van der Waals surface area contributed by atoms with Gasteiger partial charge < -0.3 is 14.2 Å². The number of aryl methyl sites for hydroxylation is 1. The van der Waals surface area contributed by atoms with Crippen molar-refractivity contribution in [2.45, 2.75) is 13.5 Å². The highest BCUT2D eigenvalue weighted by atomic mass is 79.9. The zero-order valence-electron chi connectivity index (χ0n) is 12.3. The average molecular weight is 351 g/mol. The number of hydrogen-bond acceptors (Lipinski definition) is 2. The molecule has 0 aliphatic heterocycles. The highest BCUT2D eigenvalue weighted by molar-refractivity contribution is 9.10. The molecule has 21 heavy (non-hydrogen) atoms. The predicted octanol–water partition coefficient (Wildman–Crippen LogP) is 3.42. The van der Waals surface area contributed by atoms with Crippen LogP contribution in [0.3, 0.4) is 0 Å². The molecule has 0 N–H and O–H groups in total. The fourth-order valence-electron chi connectivity index (χ4n) is 2.03. The van der Waals surface area contributed by atoms with Crippen LogP contribution in [0.15, 0.2) is 47.1 Å². The summed E-state index contributed by atoms with van der Waals surface area (Å²) < 4.78 is 8.46. The van der Waals surface area contributed by atoms with Crippen LogP contribution in [-0.2, 0) is 6.54 Å². The molecule has 2 aromatic rings. The van der Waals surface area contributed by atoms with Crippen LogP contribution in [-0.4, -0.2) is 35.6 Å². The molecule has 0 saturated heterocycles. The van der Waals surface area contributed by atoms with Crippen LogP contribution in [0.5, 0.6) is 5.75 Å². The quantitative estimate of drug-likeness (QED) is 0.799. The fourth-order valence-corrected chi connectivity index (χ4v) is 2.49. The molecular formula is C16H19BrN2O2. The molecule has 1 aromatic heterocycles. The Morgan fingerprint density at radius 3 is 2.71 bits per heavy atom. The third-order valence-corrected chi connectivity index (χ3v) is 3.64. The fraction of sp³-hybridized carbons (Fsp3) is 0.312. The minimum atomic E-state index is -0.000730. The summed E-state index contributed by atoms with van der Waals surface area (Å²) >= 11 is 3.41. The van der Waals surface area contributed by atoms with Gasteiger partial charge >= 0.3 is 0 Å². The van der Waals surface area contributed by atoms with Gasteiger partial charge in [-0.1, -0.05) is 18.2 Å². The van der Waals surface area contributed by atoms with E-state index in [1.54, 1.807) is 11.9 Å². The highest BCUT2D eigenvalue weighted by Crippen LogP contribution is 2.16. The van der Waals surface area contributed by atoms with Gasteiger partial charge in [0, 0.05) is 24.3 Å². The van der Waals surface area contributed by atoms with Gasteiger partial charge in [0.1, 0.15) is 18.1 Å². The Bertz CT molecular complexity index is 596. The van der Waals surface area contributed by atoms with E-state index in [0.717, 1.165) is 16.8 Å². The van der Waals surface area contributed by atoms with Crippen LogP contribution in [0.4, 0.5) is 0 Å². The van der Waals surface area contributed by atoms with Gasteiger partial charge in [-0.25, -0.2) is 0 Å². The first kappa shape index (κ1) is 15.6. The number of nitrogens with zero attached hydrogens (tertiary/aromatic N) is 2. The van der Waals surface area contributed by atoms with E-state index in [2.05, 4.69) is 15.9 Å². The number of ether oxygens (including phenoxy) is 1. The van der Waals surface area contributed by atoms with Crippen molar-refractivity contribution in [1.82, 2.24) is 9.47 Å². The molecule has 0 radical (unpaired) electrons. The standard InChI is InChI=1S/C16H19BrN2O2/c1-3-19-12-13(17)11-15(19)16(20)18(2)9-10-21-14-7-5-4-6-8-14/h4-8,11-12H,3,9-10H2,1-2H3. The molecule has 112 valence electrons. The van der Waals surface area contributed by atoms with Gasteiger partial charge in [-0.05, 0) is 41.1 Å². The molecule has 1 amide bonds. The number of benzene rings is 1. The summed E-state index contributed by atoms with van der Waals surface area (Å²) in [7, 11) is 1.79. The number of likely N-dealkylation sites (N-methyl/N-ethyl adjacent to an activating group) is 1. The molecule has 0 atom stereocenters. The smallest absolute Gasteiger partial charge is 0.270 e. The second-order valence-electron chi connectivity index (χ2n) is 4.72. The Kier molecular flexibility index (Phi) is 5.44. The van der Waals surface area contributed by atoms with Crippen LogP contribution in [0.1, 0.15) is 17.4 Å². The van der Waals surface area contributed by atoms with Crippen LogP contribution in [0.25, 0.3) is 0 Å². The summed E-state index contributed by atoms with van der Waals surface area (Å²) in [5.41, 5.74) is 0.687. The maximum atomic E-state index is 12.4. The Morgan fingerprint density at radius 2 is 2.05 bits per heavy atom. The molecule has 0 bridgehead atoms.